The van der Waals surface area contributed by atoms with E-state index in [4.69, 9.17) is 0 Å². The highest BCUT2D eigenvalue weighted by Gasteiger charge is 2.22. The first-order valence-electron chi connectivity index (χ1n) is 5.15. The van der Waals surface area contributed by atoms with Gasteiger partial charge in [0.05, 0.1) is 0 Å². The molecule has 0 spiro atoms. The molecule has 1 aliphatic rings. The number of rotatable bonds is 1. The van der Waals surface area contributed by atoms with Crippen LogP contribution in [0.4, 0.5) is 0 Å². The van der Waals surface area contributed by atoms with E-state index in [-0.39, 0.29) is 0 Å². The van der Waals surface area contributed by atoms with Gasteiger partial charge in [-0.25, -0.2) is 0 Å². The van der Waals surface area contributed by atoms with Gasteiger partial charge in [0, 0.05) is 26.1 Å². The highest BCUT2D eigenvalue weighted by molar-refractivity contribution is 5.85. The van der Waals surface area contributed by atoms with Crippen molar-refractivity contribution in [2.45, 2.75) is 34.1 Å². The first-order chi connectivity index (χ1) is 5.90. The van der Waals surface area contributed by atoms with Crippen molar-refractivity contribution in [3.8, 4) is 0 Å². The summed E-state index contributed by atoms with van der Waals surface area (Å²) in [6, 6.07) is 0. The summed E-state index contributed by atoms with van der Waals surface area (Å²) in [5.41, 5.74) is 0.361. The quantitative estimate of drug-likeness (QED) is 0.608. The van der Waals surface area contributed by atoms with Crippen molar-refractivity contribution in [3.05, 3.63) is 0 Å². The third kappa shape index (κ3) is 3.02. The van der Waals surface area contributed by atoms with Crippen molar-refractivity contribution >= 4 is 5.84 Å². The van der Waals surface area contributed by atoms with Crippen LogP contribution in [-0.4, -0.2) is 30.9 Å². The molecule has 13 heavy (non-hydrogen) atoms. The monoisotopic (exact) mass is 182 g/mol. The lowest BCUT2D eigenvalue weighted by atomic mass is 9.95. The predicted molar refractivity (Wildman–Crippen MR) is 58.2 cm³/mol. The maximum Gasteiger partial charge on any atom is 0.102 e. The minimum atomic E-state index is 0.361. The Morgan fingerprint density at radius 1 is 1.46 bits per heavy atom. The number of hydrogen-bond donors (Lipinski definition) is 0. The molecular formula is C11H22N2. The molecule has 1 aliphatic heterocycles. The van der Waals surface area contributed by atoms with Gasteiger partial charge in [0.2, 0.25) is 0 Å². The Morgan fingerprint density at radius 3 is 2.46 bits per heavy atom. The molecule has 1 atom stereocenters. The summed E-state index contributed by atoms with van der Waals surface area (Å²) in [4.78, 5) is 6.86. The van der Waals surface area contributed by atoms with E-state index in [1.807, 2.05) is 0 Å². The molecule has 0 aromatic heterocycles. The molecule has 0 amide bonds. The Hall–Kier alpha value is -0.530. The van der Waals surface area contributed by atoms with Gasteiger partial charge < -0.3 is 4.90 Å². The molecule has 0 N–H and O–H groups in total. The molecule has 76 valence electrons. The minimum Gasteiger partial charge on any atom is -0.363 e. The van der Waals surface area contributed by atoms with Crippen LogP contribution in [0.5, 0.6) is 0 Å². The molecule has 0 saturated heterocycles. The lowest BCUT2D eigenvalue weighted by molar-refractivity contribution is 0.300. The third-order valence-corrected chi connectivity index (χ3v) is 2.38. The van der Waals surface area contributed by atoms with Crippen molar-refractivity contribution in [3.63, 3.8) is 0 Å². The molecule has 0 radical (unpaired) electrons. The van der Waals surface area contributed by atoms with Gasteiger partial charge in [0.15, 0.2) is 0 Å². The lowest BCUT2D eigenvalue weighted by Crippen LogP contribution is -2.36. The zero-order valence-electron chi connectivity index (χ0n) is 9.59. The van der Waals surface area contributed by atoms with Gasteiger partial charge in [-0.15, -0.1) is 0 Å². The Balaban J connectivity index is 2.53. The topological polar surface area (TPSA) is 15.6 Å². The van der Waals surface area contributed by atoms with Gasteiger partial charge in [0.1, 0.15) is 5.84 Å². The molecule has 0 saturated carbocycles. The molecule has 0 aromatic rings. The van der Waals surface area contributed by atoms with Crippen molar-refractivity contribution in [2.75, 3.05) is 20.1 Å². The van der Waals surface area contributed by atoms with E-state index < -0.39 is 0 Å². The zero-order chi connectivity index (χ0) is 10.1. The van der Waals surface area contributed by atoms with Crippen LogP contribution in [0.2, 0.25) is 0 Å². The van der Waals surface area contributed by atoms with E-state index in [0.717, 1.165) is 13.1 Å². The highest BCUT2D eigenvalue weighted by Crippen LogP contribution is 2.20. The van der Waals surface area contributed by atoms with E-state index in [1.54, 1.807) is 0 Å². The van der Waals surface area contributed by atoms with Gasteiger partial charge in [-0.05, 0) is 11.8 Å². The molecule has 2 heteroatoms. The molecule has 1 unspecified atom stereocenters. The average molecular weight is 182 g/mol. The van der Waals surface area contributed by atoms with Gasteiger partial charge >= 0.3 is 0 Å². The summed E-state index contributed by atoms with van der Waals surface area (Å²) in [5.74, 6) is 1.96. The smallest absolute Gasteiger partial charge is 0.102 e. The fourth-order valence-corrected chi connectivity index (χ4v) is 1.95. The molecule has 0 fully saturated rings. The molecule has 1 rings (SSSR count). The maximum atomic E-state index is 4.54. The largest absolute Gasteiger partial charge is 0.363 e. The molecule has 0 aliphatic carbocycles. The Kier molecular flexibility index (Phi) is 2.99. The summed E-state index contributed by atoms with van der Waals surface area (Å²) in [6.07, 6.45) is 1.23. The van der Waals surface area contributed by atoms with E-state index in [2.05, 4.69) is 44.6 Å². The number of nitrogens with zero attached hydrogens (tertiary/aromatic N) is 2. The second kappa shape index (κ2) is 3.69. The standard InChI is InChI=1S/C11H22N2/c1-9-6-7-12-10(9)13(5)8-11(2,3)4/h9H,6-8H2,1-5H3. The fourth-order valence-electron chi connectivity index (χ4n) is 1.95. The van der Waals surface area contributed by atoms with Crippen LogP contribution in [-0.2, 0) is 0 Å². The average Bonchev–Trinajstić information content (AvgIpc) is 2.30. The van der Waals surface area contributed by atoms with Crippen LogP contribution < -0.4 is 0 Å². The molecule has 0 aromatic carbocycles. The Labute approximate surface area is 82.0 Å². The lowest BCUT2D eigenvalue weighted by Gasteiger charge is -2.29. The van der Waals surface area contributed by atoms with E-state index >= 15 is 0 Å². The number of aliphatic imine (C=N–C) groups is 1. The molecule has 2 nitrogen and oxygen atoms in total. The predicted octanol–water partition coefficient (Wildman–Crippen LogP) is 2.40. The Bertz CT molecular complexity index is 201. The van der Waals surface area contributed by atoms with Gasteiger partial charge in [-0.1, -0.05) is 27.7 Å². The first-order valence-corrected chi connectivity index (χ1v) is 5.15. The maximum absolute atomic E-state index is 4.54. The van der Waals surface area contributed by atoms with Crippen LogP contribution in [0.15, 0.2) is 4.99 Å². The highest BCUT2D eigenvalue weighted by atomic mass is 15.2. The van der Waals surface area contributed by atoms with Gasteiger partial charge in [0.25, 0.3) is 0 Å². The fraction of sp³-hybridized carbons (Fsp3) is 0.909. The summed E-state index contributed by atoms with van der Waals surface area (Å²) < 4.78 is 0. The minimum absolute atomic E-state index is 0.361. The van der Waals surface area contributed by atoms with Crippen molar-refractivity contribution < 1.29 is 0 Å². The van der Waals surface area contributed by atoms with Crippen molar-refractivity contribution in [1.82, 2.24) is 4.90 Å². The number of amidine groups is 1. The van der Waals surface area contributed by atoms with E-state index in [1.165, 1.54) is 12.3 Å². The van der Waals surface area contributed by atoms with Crippen LogP contribution >= 0.6 is 0 Å². The van der Waals surface area contributed by atoms with Crippen LogP contribution in [0.1, 0.15) is 34.1 Å². The summed E-state index contributed by atoms with van der Waals surface area (Å²) in [7, 11) is 2.16. The molecule has 0 bridgehead atoms. The second-order valence-electron chi connectivity index (χ2n) is 5.35. The normalized spacial score (nSPS) is 23.2. The summed E-state index contributed by atoms with van der Waals surface area (Å²) >= 11 is 0. The summed E-state index contributed by atoms with van der Waals surface area (Å²) in [6.45, 7) is 11.2. The van der Waals surface area contributed by atoms with Crippen molar-refractivity contribution in [2.24, 2.45) is 16.3 Å². The number of hydrogen-bond acceptors (Lipinski definition) is 2. The molecule has 1 heterocycles. The van der Waals surface area contributed by atoms with Crippen LogP contribution in [0.3, 0.4) is 0 Å². The second-order valence-corrected chi connectivity index (χ2v) is 5.35. The zero-order valence-corrected chi connectivity index (χ0v) is 9.59. The van der Waals surface area contributed by atoms with Crippen LogP contribution in [0.25, 0.3) is 0 Å². The summed E-state index contributed by atoms with van der Waals surface area (Å²) in [5, 5.41) is 0. The van der Waals surface area contributed by atoms with Crippen molar-refractivity contribution in [1.29, 1.82) is 0 Å². The third-order valence-electron chi connectivity index (χ3n) is 2.38. The van der Waals surface area contributed by atoms with Gasteiger partial charge in [-0.3, -0.25) is 4.99 Å². The van der Waals surface area contributed by atoms with Crippen LogP contribution in [0, 0.1) is 11.3 Å². The molecular weight excluding hydrogens is 160 g/mol. The Morgan fingerprint density at radius 2 is 2.08 bits per heavy atom. The van der Waals surface area contributed by atoms with E-state index in [9.17, 15) is 0 Å². The first kappa shape index (κ1) is 10.6. The van der Waals surface area contributed by atoms with E-state index in [0.29, 0.717) is 11.3 Å². The van der Waals surface area contributed by atoms with Gasteiger partial charge in [-0.2, -0.15) is 0 Å². The SMILES string of the molecule is CC1CCN=C1N(C)CC(C)(C)C.